The van der Waals surface area contributed by atoms with Gasteiger partial charge in [-0.25, -0.2) is 9.37 Å². The zero-order chi connectivity index (χ0) is 22.2. The van der Waals surface area contributed by atoms with Gasteiger partial charge in [0.15, 0.2) is 10.9 Å². The predicted molar refractivity (Wildman–Crippen MR) is 123 cm³/mol. The highest BCUT2D eigenvalue weighted by Gasteiger charge is 2.37. The van der Waals surface area contributed by atoms with Crippen LogP contribution in [0.2, 0.25) is 0 Å². The molecule has 1 atom stereocenters. The van der Waals surface area contributed by atoms with Crippen molar-refractivity contribution in [2.45, 2.75) is 43.0 Å². The second-order valence-corrected chi connectivity index (χ2v) is 9.12. The predicted octanol–water partition coefficient (Wildman–Crippen LogP) is 5.07. The lowest BCUT2D eigenvalue weighted by Gasteiger charge is -2.32. The number of nitrogens with zero attached hydrogens (tertiary/aromatic N) is 1. The number of ketones is 1. The summed E-state index contributed by atoms with van der Waals surface area (Å²) in [7, 11) is 0. The van der Waals surface area contributed by atoms with Crippen LogP contribution in [-0.2, 0) is 10.5 Å². The molecule has 0 saturated heterocycles. The number of carbonyl (C=O) groups is 1. The van der Waals surface area contributed by atoms with E-state index < -0.39 is 5.92 Å². The number of aryl methyl sites for hydroxylation is 1. The van der Waals surface area contributed by atoms with Crippen molar-refractivity contribution in [1.29, 1.82) is 0 Å². The zero-order valence-electron chi connectivity index (χ0n) is 17.6. The summed E-state index contributed by atoms with van der Waals surface area (Å²) in [5.41, 5.74) is 4.26. The van der Waals surface area contributed by atoms with E-state index in [4.69, 9.17) is 0 Å². The monoisotopic (exact) mass is 447 g/mol. The molecule has 0 spiro atoms. The number of carbonyl (C=O) groups excluding carboxylic acids is 1. The molecule has 1 aliphatic heterocycles. The second kappa shape index (κ2) is 8.39. The first-order valence-electron chi connectivity index (χ1n) is 10.6. The Morgan fingerprint density at radius 2 is 1.88 bits per heavy atom. The Kier molecular flexibility index (Phi) is 5.43. The molecule has 0 bridgehead atoms. The fraction of sp³-hybridized carbons (Fsp3) is 0.240. The smallest absolute Gasteiger partial charge is 0.257 e. The molecule has 3 aromatic rings. The van der Waals surface area contributed by atoms with E-state index in [0.717, 1.165) is 29.7 Å². The first kappa shape index (κ1) is 20.7. The van der Waals surface area contributed by atoms with E-state index in [1.165, 1.54) is 17.8 Å². The number of benzene rings is 2. The van der Waals surface area contributed by atoms with Crippen molar-refractivity contribution in [2.24, 2.45) is 0 Å². The Bertz CT molecular complexity index is 1300. The number of H-pyrrole nitrogens is 1. The molecule has 0 amide bonds. The van der Waals surface area contributed by atoms with E-state index in [1.54, 1.807) is 18.2 Å². The van der Waals surface area contributed by atoms with E-state index >= 15 is 0 Å². The topological polar surface area (TPSA) is 74.8 Å². The fourth-order valence-electron chi connectivity index (χ4n) is 4.36. The molecule has 7 heteroatoms. The van der Waals surface area contributed by atoms with Crippen molar-refractivity contribution in [3.8, 4) is 0 Å². The van der Waals surface area contributed by atoms with Crippen LogP contribution in [0.4, 0.5) is 10.2 Å². The third-order valence-corrected chi connectivity index (χ3v) is 6.89. The average Bonchev–Trinajstić information content (AvgIpc) is 2.78. The first-order chi connectivity index (χ1) is 15.5. The van der Waals surface area contributed by atoms with Crippen LogP contribution in [0.5, 0.6) is 0 Å². The normalized spacial score (nSPS) is 17.6. The molecule has 2 aromatic carbocycles. The number of rotatable bonds is 4. The molecule has 1 aromatic heterocycles. The number of aromatic amines is 1. The molecule has 0 saturated carbocycles. The summed E-state index contributed by atoms with van der Waals surface area (Å²) in [5.74, 6) is 0.170. The Morgan fingerprint density at radius 3 is 2.66 bits per heavy atom. The maximum absolute atomic E-state index is 14.0. The average molecular weight is 448 g/mol. The standard InChI is InChI=1S/C25H22FN3O2S/c1-14-9-11-15(12-10-14)20-21-18(7-4-8-19(21)30)27-23-22(20)24(31)29-25(28-23)32-13-16-5-2-3-6-17(16)26/h2-3,5-6,9-12,20H,4,7-8,13H2,1H3,(H2,27,28,29,31). The number of nitrogens with one attached hydrogen (secondary N) is 2. The van der Waals surface area contributed by atoms with Gasteiger partial charge < -0.3 is 10.3 Å². The third kappa shape index (κ3) is 3.77. The van der Waals surface area contributed by atoms with Crippen LogP contribution in [0.1, 0.15) is 47.4 Å². The van der Waals surface area contributed by atoms with Gasteiger partial charge in [0.1, 0.15) is 11.6 Å². The molecule has 5 nitrogen and oxygen atoms in total. The van der Waals surface area contributed by atoms with E-state index in [2.05, 4.69) is 15.3 Å². The van der Waals surface area contributed by atoms with Gasteiger partial charge in [0, 0.05) is 29.4 Å². The van der Waals surface area contributed by atoms with Crippen LogP contribution in [0, 0.1) is 12.7 Å². The molecule has 32 heavy (non-hydrogen) atoms. The van der Waals surface area contributed by atoms with Gasteiger partial charge in [-0.2, -0.15) is 0 Å². The second-order valence-electron chi connectivity index (χ2n) is 8.15. The van der Waals surface area contributed by atoms with Gasteiger partial charge >= 0.3 is 0 Å². The Labute approximate surface area is 189 Å². The quantitative estimate of drug-likeness (QED) is 0.431. The molecule has 0 radical (unpaired) electrons. The van der Waals surface area contributed by atoms with Crippen molar-refractivity contribution >= 4 is 23.4 Å². The largest absolute Gasteiger partial charge is 0.343 e. The van der Waals surface area contributed by atoms with Crippen LogP contribution in [-0.4, -0.2) is 15.8 Å². The molecule has 1 aliphatic carbocycles. The molecule has 5 rings (SSSR count). The van der Waals surface area contributed by atoms with Gasteiger partial charge in [-0.05, 0) is 37.0 Å². The summed E-state index contributed by atoms with van der Waals surface area (Å²) in [4.78, 5) is 33.6. The lowest BCUT2D eigenvalue weighted by molar-refractivity contribution is -0.116. The van der Waals surface area contributed by atoms with Gasteiger partial charge in [0.2, 0.25) is 0 Å². The molecule has 2 aliphatic rings. The van der Waals surface area contributed by atoms with E-state index in [-0.39, 0.29) is 17.2 Å². The Balaban J connectivity index is 1.56. The number of anilines is 1. The number of halogens is 1. The van der Waals surface area contributed by atoms with Gasteiger partial charge in [-0.3, -0.25) is 9.59 Å². The summed E-state index contributed by atoms with van der Waals surface area (Å²) in [6, 6.07) is 14.5. The van der Waals surface area contributed by atoms with Gasteiger partial charge in [-0.1, -0.05) is 59.8 Å². The molecule has 162 valence electrons. The lowest BCUT2D eigenvalue weighted by Crippen LogP contribution is -2.32. The third-order valence-electron chi connectivity index (χ3n) is 5.97. The number of thioether (sulfide) groups is 1. The molecular formula is C25H22FN3O2S. The van der Waals surface area contributed by atoms with Gasteiger partial charge in [0.25, 0.3) is 5.56 Å². The zero-order valence-corrected chi connectivity index (χ0v) is 18.4. The minimum atomic E-state index is -0.448. The molecule has 2 N–H and O–H groups in total. The summed E-state index contributed by atoms with van der Waals surface area (Å²) >= 11 is 1.27. The minimum absolute atomic E-state index is 0.0763. The van der Waals surface area contributed by atoms with Crippen molar-refractivity contribution in [2.75, 3.05) is 5.32 Å². The molecule has 1 unspecified atom stereocenters. The highest BCUT2D eigenvalue weighted by Crippen LogP contribution is 2.43. The first-order valence-corrected chi connectivity index (χ1v) is 11.6. The van der Waals surface area contributed by atoms with Crippen LogP contribution >= 0.6 is 11.8 Å². The van der Waals surface area contributed by atoms with Gasteiger partial charge in [0.05, 0.1) is 5.56 Å². The number of hydrogen-bond donors (Lipinski definition) is 2. The maximum Gasteiger partial charge on any atom is 0.257 e. The van der Waals surface area contributed by atoms with Crippen LogP contribution in [0.15, 0.2) is 69.8 Å². The number of aromatic nitrogens is 2. The van der Waals surface area contributed by atoms with Crippen LogP contribution < -0.4 is 10.9 Å². The number of allylic oxidation sites excluding steroid dienone is 2. The summed E-state index contributed by atoms with van der Waals surface area (Å²) < 4.78 is 14.0. The van der Waals surface area contributed by atoms with Crippen molar-refractivity contribution in [3.05, 3.63) is 98.2 Å². The number of fused-ring (bicyclic) bond motifs is 1. The summed E-state index contributed by atoms with van der Waals surface area (Å²) in [6.45, 7) is 2.00. The highest BCUT2D eigenvalue weighted by molar-refractivity contribution is 7.98. The van der Waals surface area contributed by atoms with E-state index in [0.29, 0.717) is 39.8 Å². The molecule has 2 heterocycles. The van der Waals surface area contributed by atoms with Crippen molar-refractivity contribution < 1.29 is 9.18 Å². The van der Waals surface area contributed by atoms with Crippen molar-refractivity contribution in [1.82, 2.24) is 9.97 Å². The lowest BCUT2D eigenvalue weighted by atomic mass is 9.76. The fourth-order valence-corrected chi connectivity index (χ4v) is 5.21. The van der Waals surface area contributed by atoms with Crippen molar-refractivity contribution in [3.63, 3.8) is 0 Å². The van der Waals surface area contributed by atoms with E-state index in [9.17, 15) is 14.0 Å². The van der Waals surface area contributed by atoms with Gasteiger partial charge in [-0.15, -0.1) is 0 Å². The summed E-state index contributed by atoms with van der Waals surface area (Å²) in [5, 5.41) is 3.69. The molecule has 0 fully saturated rings. The summed E-state index contributed by atoms with van der Waals surface area (Å²) in [6.07, 6.45) is 2.01. The Hall–Kier alpha value is -3.19. The number of Topliss-reactive ketones (excluding diaryl/α,β-unsaturated/α-hetero) is 1. The Morgan fingerprint density at radius 1 is 1.09 bits per heavy atom. The SMILES string of the molecule is Cc1ccc(C2C3=C(CCCC3=O)Nc3nc(SCc4ccccc4F)[nH]c(=O)c32)cc1. The minimum Gasteiger partial charge on any atom is -0.343 e. The molecular weight excluding hydrogens is 425 g/mol. The van der Waals surface area contributed by atoms with Crippen LogP contribution in [0.3, 0.4) is 0 Å². The highest BCUT2D eigenvalue weighted by atomic mass is 32.2. The van der Waals surface area contributed by atoms with Crippen LogP contribution in [0.25, 0.3) is 0 Å². The maximum atomic E-state index is 14.0. The van der Waals surface area contributed by atoms with E-state index in [1.807, 2.05) is 31.2 Å². The number of hydrogen-bond acceptors (Lipinski definition) is 5.